The van der Waals surface area contributed by atoms with Crippen LogP contribution in [0.4, 0.5) is 0 Å². The lowest BCUT2D eigenvalue weighted by atomic mass is 9.58. The first-order chi connectivity index (χ1) is 25.5. The molecule has 0 aromatic heterocycles. The summed E-state index contributed by atoms with van der Waals surface area (Å²) >= 11 is 0. The number of amides is 2. The minimum absolute atomic E-state index is 0.0446. The highest BCUT2D eigenvalue weighted by Gasteiger charge is 2.69. The number of ether oxygens (including phenoxy) is 3. The van der Waals surface area contributed by atoms with Gasteiger partial charge in [0.05, 0.1) is 24.1 Å². The maximum absolute atomic E-state index is 13.0. The second-order valence-electron chi connectivity index (χ2n) is 15.0. The minimum atomic E-state index is -3.71. The summed E-state index contributed by atoms with van der Waals surface area (Å²) in [5, 5.41) is 6.62. The van der Waals surface area contributed by atoms with Crippen LogP contribution in [0.1, 0.15) is 67.9 Å². The SMILES string of the molecule is C[C@H]1[C@@H](OCc2ccc(C(=O)NCC(=O)N[C@H](/C=C/S(=O)(=O)c3ccccc3)Cc3ccccc3)cc2)O[C@@H]2O[C@@]3(C)CC[C@H]4[C@H](C)CC[C@@H]1[C@@]24OO3. The Morgan fingerprint density at radius 2 is 1.62 bits per heavy atom. The maximum Gasteiger partial charge on any atom is 0.251 e. The Balaban J connectivity index is 0.932. The fourth-order valence-corrected chi connectivity index (χ4v) is 9.53. The third-order valence-corrected chi connectivity index (χ3v) is 12.8. The van der Waals surface area contributed by atoms with E-state index in [1.165, 1.54) is 18.2 Å². The van der Waals surface area contributed by atoms with Crippen LogP contribution in [0, 0.1) is 23.7 Å². The van der Waals surface area contributed by atoms with Crippen LogP contribution in [0.3, 0.4) is 0 Å². The zero-order chi connectivity index (χ0) is 37.2. The molecule has 2 amide bonds. The van der Waals surface area contributed by atoms with Gasteiger partial charge in [0.1, 0.15) is 0 Å². The highest BCUT2D eigenvalue weighted by molar-refractivity contribution is 7.94. The Morgan fingerprint density at radius 3 is 2.36 bits per heavy atom. The number of hydrogen-bond acceptors (Lipinski definition) is 9. The number of carbonyl (C=O) groups excluding carboxylic acids is 2. The third kappa shape index (κ3) is 7.99. The van der Waals surface area contributed by atoms with Gasteiger partial charge in [-0.1, -0.05) is 80.6 Å². The van der Waals surface area contributed by atoms with Crippen molar-refractivity contribution in [3.8, 4) is 0 Å². The highest BCUT2D eigenvalue weighted by atomic mass is 32.2. The Morgan fingerprint density at radius 1 is 0.906 bits per heavy atom. The molecule has 3 aromatic carbocycles. The van der Waals surface area contributed by atoms with Gasteiger partial charge in [-0.15, -0.1) is 0 Å². The first-order valence-electron chi connectivity index (χ1n) is 18.5. The molecule has 0 unspecified atom stereocenters. The minimum Gasteiger partial charge on any atom is -0.348 e. The van der Waals surface area contributed by atoms with E-state index in [1.54, 1.807) is 30.3 Å². The van der Waals surface area contributed by atoms with Crippen LogP contribution in [-0.2, 0) is 51.6 Å². The molecule has 2 bridgehead atoms. The quantitative estimate of drug-likeness (QED) is 0.219. The predicted molar refractivity (Wildman–Crippen MR) is 195 cm³/mol. The Hall–Kier alpha value is -3.91. The molecule has 4 aliphatic heterocycles. The van der Waals surface area contributed by atoms with Gasteiger partial charge in [-0.25, -0.2) is 18.2 Å². The van der Waals surface area contributed by atoms with Gasteiger partial charge in [-0.2, -0.15) is 0 Å². The first kappa shape index (κ1) is 37.4. The van der Waals surface area contributed by atoms with Gasteiger partial charge in [-0.3, -0.25) is 9.59 Å². The lowest BCUT2D eigenvalue weighted by molar-refractivity contribution is -0.577. The summed E-state index contributed by atoms with van der Waals surface area (Å²) in [4.78, 5) is 38.3. The summed E-state index contributed by atoms with van der Waals surface area (Å²) < 4.78 is 45.0. The van der Waals surface area contributed by atoms with E-state index in [1.807, 2.05) is 49.4 Å². The Bertz CT molecular complexity index is 1890. The molecule has 5 fully saturated rings. The molecule has 9 atom stereocenters. The number of hydrogen-bond donors (Lipinski definition) is 2. The molecule has 1 aliphatic carbocycles. The molecule has 5 aliphatic rings. The molecule has 2 N–H and O–H groups in total. The Kier molecular flexibility index (Phi) is 10.9. The number of fused-ring (bicyclic) bond motifs is 2. The van der Waals surface area contributed by atoms with E-state index in [-0.39, 0.29) is 35.8 Å². The van der Waals surface area contributed by atoms with Crippen molar-refractivity contribution in [3.63, 3.8) is 0 Å². The van der Waals surface area contributed by atoms with E-state index in [0.29, 0.717) is 17.9 Å². The molecule has 11 nitrogen and oxygen atoms in total. The standard InChI is InChI=1S/C41H48N2O9S/c1-27-14-19-35-28(2)38(49-39-41(35)34(27)20-22-40(3,50-39)51-52-41)48-26-30-15-17-31(18-16-30)37(45)42-25-36(44)43-32(24-29-10-6-4-7-11-29)21-23-53(46,47)33-12-8-5-9-13-33/h4-13,15-18,21,23,27-28,32,34-35,38-39H,14,19-20,22,24-26H2,1-3H3,(H,42,45)(H,43,44)/b23-21+/t27-,28-,32-,34+,35+,38+,39-,40-,41-/m1/s1. The maximum atomic E-state index is 13.0. The molecule has 12 heteroatoms. The number of benzene rings is 3. The summed E-state index contributed by atoms with van der Waals surface area (Å²) in [6, 6.07) is 23.9. The molecule has 8 rings (SSSR count). The van der Waals surface area contributed by atoms with Gasteiger partial charge in [0.25, 0.3) is 5.91 Å². The van der Waals surface area contributed by atoms with Gasteiger partial charge >= 0.3 is 0 Å². The van der Waals surface area contributed by atoms with Crippen molar-refractivity contribution in [2.45, 2.75) is 94.4 Å². The van der Waals surface area contributed by atoms with Crippen molar-refractivity contribution in [2.24, 2.45) is 23.7 Å². The van der Waals surface area contributed by atoms with Gasteiger partial charge in [-0.05, 0) is 79.8 Å². The van der Waals surface area contributed by atoms with E-state index >= 15 is 0 Å². The van der Waals surface area contributed by atoms with Crippen LogP contribution >= 0.6 is 0 Å². The van der Waals surface area contributed by atoms with E-state index in [2.05, 4.69) is 24.5 Å². The largest absolute Gasteiger partial charge is 0.348 e. The summed E-state index contributed by atoms with van der Waals surface area (Å²) in [6.07, 6.45) is 4.54. The summed E-state index contributed by atoms with van der Waals surface area (Å²) in [7, 11) is -3.71. The summed E-state index contributed by atoms with van der Waals surface area (Å²) in [6.45, 7) is 6.32. The van der Waals surface area contributed by atoms with Gasteiger partial charge in [0.15, 0.2) is 28.0 Å². The van der Waals surface area contributed by atoms with E-state index in [9.17, 15) is 18.0 Å². The molecule has 4 heterocycles. The van der Waals surface area contributed by atoms with Crippen molar-refractivity contribution < 1.29 is 42.0 Å². The number of nitrogens with one attached hydrogen (secondary N) is 2. The molecule has 3 aromatic rings. The molecule has 0 radical (unpaired) electrons. The van der Waals surface area contributed by atoms with Crippen molar-refractivity contribution in [2.75, 3.05) is 6.54 Å². The van der Waals surface area contributed by atoms with Crippen LogP contribution in [0.5, 0.6) is 0 Å². The number of rotatable bonds is 12. The molecule has 1 saturated carbocycles. The fourth-order valence-electron chi connectivity index (χ4n) is 8.44. The van der Waals surface area contributed by atoms with Crippen molar-refractivity contribution in [1.29, 1.82) is 0 Å². The van der Waals surface area contributed by atoms with Crippen LogP contribution in [0.25, 0.3) is 0 Å². The lowest BCUT2D eigenvalue weighted by Gasteiger charge is -2.60. The zero-order valence-corrected chi connectivity index (χ0v) is 31.1. The third-order valence-electron chi connectivity index (χ3n) is 11.3. The summed E-state index contributed by atoms with van der Waals surface area (Å²) in [5.41, 5.74) is 1.51. The molecule has 4 saturated heterocycles. The normalized spacial score (nSPS) is 31.3. The smallest absolute Gasteiger partial charge is 0.251 e. The van der Waals surface area contributed by atoms with Gasteiger partial charge in [0.2, 0.25) is 11.7 Å². The van der Waals surface area contributed by atoms with Crippen LogP contribution in [-0.4, -0.2) is 56.8 Å². The molecule has 282 valence electrons. The van der Waals surface area contributed by atoms with Crippen molar-refractivity contribution >= 4 is 21.7 Å². The van der Waals surface area contributed by atoms with Gasteiger partial charge in [0, 0.05) is 29.2 Å². The average Bonchev–Trinajstić information content (AvgIpc) is 3.40. The number of sulfone groups is 1. The van der Waals surface area contributed by atoms with E-state index < -0.39 is 51.7 Å². The topological polar surface area (TPSA) is 138 Å². The van der Waals surface area contributed by atoms with Crippen LogP contribution in [0.15, 0.2) is 101 Å². The van der Waals surface area contributed by atoms with Gasteiger partial charge < -0.3 is 24.8 Å². The monoisotopic (exact) mass is 744 g/mol. The van der Waals surface area contributed by atoms with Crippen LogP contribution < -0.4 is 10.6 Å². The second kappa shape index (κ2) is 15.4. The lowest BCUT2D eigenvalue weighted by Crippen LogP contribution is -2.70. The molecule has 53 heavy (non-hydrogen) atoms. The van der Waals surface area contributed by atoms with E-state index in [4.69, 9.17) is 24.0 Å². The fraction of sp³-hybridized carbons (Fsp3) is 0.463. The molecular weight excluding hydrogens is 697 g/mol. The van der Waals surface area contributed by atoms with Crippen LogP contribution in [0.2, 0.25) is 0 Å². The molecular formula is C41H48N2O9S. The number of carbonyl (C=O) groups is 2. The predicted octanol–water partition coefficient (Wildman–Crippen LogP) is 5.86. The Labute approximate surface area is 311 Å². The highest BCUT2D eigenvalue weighted by Crippen LogP contribution is 2.60. The summed E-state index contributed by atoms with van der Waals surface area (Å²) in [5.74, 6) is -0.767. The zero-order valence-electron chi connectivity index (χ0n) is 30.3. The average molecular weight is 745 g/mol. The first-order valence-corrected chi connectivity index (χ1v) is 20.0. The second-order valence-corrected chi connectivity index (χ2v) is 16.8. The van der Waals surface area contributed by atoms with Crippen molar-refractivity contribution in [1.82, 2.24) is 10.6 Å². The van der Waals surface area contributed by atoms with E-state index in [0.717, 1.165) is 42.2 Å². The molecule has 1 spiro atoms. The van der Waals surface area contributed by atoms with Crippen molar-refractivity contribution in [3.05, 3.63) is 113 Å².